The zero-order valence-corrected chi connectivity index (χ0v) is 12.9. The van der Waals surface area contributed by atoms with E-state index >= 15 is 0 Å². The quantitative estimate of drug-likeness (QED) is 0.576. The van der Waals surface area contributed by atoms with Crippen LogP contribution in [0.2, 0.25) is 0 Å². The fraction of sp³-hybridized carbons (Fsp3) is 0.938. The molecular formula is C16H32N2O. The van der Waals surface area contributed by atoms with Gasteiger partial charge in [-0.2, -0.15) is 0 Å². The van der Waals surface area contributed by atoms with E-state index in [2.05, 4.69) is 24.2 Å². The highest BCUT2D eigenvalue weighted by Gasteiger charge is 2.16. The molecule has 0 aliphatic carbocycles. The molecular weight excluding hydrogens is 236 g/mol. The van der Waals surface area contributed by atoms with Crippen LogP contribution in [0.25, 0.3) is 0 Å². The number of hydrogen-bond donors (Lipinski definition) is 1. The smallest absolute Gasteiger partial charge is 0.184 e. The van der Waals surface area contributed by atoms with Crippen molar-refractivity contribution in [3.63, 3.8) is 0 Å². The molecule has 1 atom stereocenters. The van der Waals surface area contributed by atoms with Crippen LogP contribution in [-0.4, -0.2) is 31.6 Å². The van der Waals surface area contributed by atoms with E-state index in [-0.39, 0.29) is 0 Å². The summed E-state index contributed by atoms with van der Waals surface area (Å²) in [5.74, 6) is 0.982. The second-order valence-electron chi connectivity index (χ2n) is 5.51. The summed E-state index contributed by atoms with van der Waals surface area (Å²) in [4.78, 5) is 4.50. The first-order valence-corrected chi connectivity index (χ1v) is 8.27. The van der Waals surface area contributed by atoms with Crippen molar-refractivity contribution in [3.05, 3.63) is 0 Å². The fourth-order valence-corrected chi connectivity index (χ4v) is 2.38. The third-order valence-corrected chi connectivity index (χ3v) is 3.64. The monoisotopic (exact) mass is 268 g/mol. The van der Waals surface area contributed by atoms with Crippen molar-refractivity contribution in [2.24, 2.45) is 4.99 Å². The number of hydrogen-bond acceptors (Lipinski definition) is 3. The molecule has 1 unspecified atom stereocenters. The van der Waals surface area contributed by atoms with Crippen LogP contribution in [0.15, 0.2) is 4.99 Å². The summed E-state index contributed by atoms with van der Waals surface area (Å²) in [7, 11) is 0. The van der Waals surface area contributed by atoms with Crippen LogP contribution in [0.3, 0.4) is 0 Å². The molecule has 0 aromatic rings. The molecule has 0 aromatic carbocycles. The van der Waals surface area contributed by atoms with E-state index < -0.39 is 0 Å². The third kappa shape index (κ3) is 8.25. The Morgan fingerprint density at radius 3 is 2.74 bits per heavy atom. The summed E-state index contributed by atoms with van der Waals surface area (Å²) in [5.41, 5.74) is 0. The maximum atomic E-state index is 5.98. The van der Waals surface area contributed by atoms with Gasteiger partial charge in [-0.1, -0.05) is 39.5 Å². The number of nitrogens with one attached hydrogen (secondary N) is 1. The minimum Gasteiger partial charge on any atom is -0.478 e. The molecule has 0 amide bonds. The summed E-state index contributed by atoms with van der Waals surface area (Å²) >= 11 is 0. The molecule has 0 fully saturated rings. The van der Waals surface area contributed by atoms with Crippen LogP contribution in [0.5, 0.6) is 0 Å². The Bertz CT molecular complexity index is 241. The van der Waals surface area contributed by atoms with Gasteiger partial charge in [0.1, 0.15) is 6.10 Å². The van der Waals surface area contributed by atoms with Crippen molar-refractivity contribution in [2.45, 2.75) is 77.7 Å². The molecule has 1 aliphatic rings. The van der Waals surface area contributed by atoms with Gasteiger partial charge in [0.05, 0.1) is 0 Å². The van der Waals surface area contributed by atoms with E-state index in [0.717, 1.165) is 38.4 Å². The molecule has 0 saturated carbocycles. The Hall–Kier alpha value is -0.570. The van der Waals surface area contributed by atoms with Gasteiger partial charge >= 0.3 is 0 Å². The molecule has 3 heteroatoms. The van der Waals surface area contributed by atoms with Gasteiger partial charge < -0.3 is 10.1 Å². The molecule has 0 spiro atoms. The Morgan fingerprint density at radius 1 is 1.11 bits per heavy atom. The zero-order chi connectivity index (χ0) is 13.8. The van der Waals surface area contributed by atoms with E-state index in [0.29, 0.717) is 6.10 Å². The summed E-state index contributed by atoms with van der Waals surface area (Å²) < 4.78 is 5.98. The summed E-state index contributed by atoms with van der Waals surface area (Å²) in [6, 6.07) is 0. The SMILES string of the molecule is CCCCCCC1CCN=C(CCNCCCC)O1. The van der Waals surface area contributed by atoms with Crippen LogP contribution in [0, 0.1) is 0 Å². The molecule has 19 heavy (non-hydrogen) atoms. The number of rotatable bonds is 11. The van der Waals surface area contributed by atoms with Crippen LogP contribution in [0.4, 0.5) is 0 Å². The normalized spacial score (nSPS) is 19.1. The summed E-state index contributed by atoms with van der Waals surface area (Å²) in [6.45, 7) is 7.56. The second kappa shape index (κ2) is 11.3. The molecule has 1 aliphatic heterocycles. The molecule has 112 valence electrons. The average Bonchev–Trinajstić information content (AvgIpc) is 2.44. The minimum atomic E-state index is 0.431. The number of unbranched alkanes of at least 4 members (excludes halogenated alkanes) is 4. The highest BCUT2D eigenvalue weighted by atomic mass is 16.5. The molecule has 0 aromatic heterocycles. The predicted molar refractivity (Wildman–Crippen MR) is 82.9 cm³/mol. The Balaban J connectivity index is 2.06. The first kappa shape index (κ1) is 16.5. The van der Waals surface area contributed by atoms with Crippen LogP contribution in [-0.2, 0) is 4.74 Å². The lowest BCUT2D eigenvalue weighted by atomic mass is 10.1. The van der Waals surface area contributed by atoms with Gasteiger partial charge in [0.2, 0.25) is 0 Å². The van der Waals surface area contributed by atoms with Crippen molar-refractivity contribution >= 4 is 5.90 Å². The summed E-state index contributed by atoms with van der Waals surface area (Å²) in [6.07, 6.45) is 11.5. The van der Waals surface area contributed by atoms with Gasteiger partial charge in [-0.15, -0.1) is 0 Å². The van der Waals surface area contributed by atoms with E-state index in [1.165, 1.54) is 44.9 Å². The minimum absolute atomic E-state index is 0.431. The largest absolute Gasteiger partial charge is 0.478 e. The van der Waals surface area contributed by atoms with Gasteiger partial charge in [0.15, 0.2) is 5.90 Å². The molecule has 1 rings (SSSR count). The highest BCUT2D eigenvalue weighted by Crippen LogP contribution is 2.16. The Kier molecular flexibility index (Phi) is 9.78. The Labute approximate surface area is 119 Å². The average molecular weight is 268 g/mol. The van der Waals surface area contributed by atoms with E-state index in [4.69, 9.17) is 4.74 Å². The first-order chi connectivity index (χ1) is 9.36. The van der Waals surface area contributed by atoms with Gasteiger partial charge in [-0.3, -0.25) is 4.99 Å². The van der Waals surface area contributed by atoms with Crippen LogP contribution >= 0.6 is 0 Å². The molecule has 0 radical (unpaired) electrons. The van der Waals surface area contributed by atoms with Crippen molar-refractivity contribution in [3.8, 4) is 0 Å². The maximum Gasteiger partial charge on any atom is 0.184 e. The van der Waals surface area contributed by atoms with E-state index in [9.17, 15) is 0 Å². The number of nitrogens with zero attached hydrogens (tertiary/aromatic N) is 1. The predicted octanol–water partition coefficient (Wildman–Crippen LogP) is 3.92. The second-order valence-corrected chi connectivity index (χ2v) is 5.51. The highest BCUT2D eigenvalue weighted by molar-refractivity contribution is 5.76. The van der Waals surface area contributed by atoms with Gasteiger partial charge in [-0.25, -0.2) is 0 Å². The topological polar surface area (TPSA) is 33.6 Å². The number of ether oxygens (including phenoxy) is 1. The first-order valence-electron chi connectivity index (χ1n) is 8.27. The van der Waals surface area contributed by atoms with Crippen molar-refractivity contribution in [2.75, 3.05) is 19.6 Å². The van der Waals surface area contributed by atoms with Crippen LogP contribution in [0.1, 0.15) is 71.6 Å². The van der Waals surface area contributed by atoms with E-state index in [1.54, 1.807) is 0 Å². The van der Waals surface area contributed by atoms with Crippen molar-refractivity contribution in [1.82, 2.24) is 5.32 Å². The van der Waals surface area contributed by atoms with Crippen molar-refractivity contribution < 1.29 is 4.74 Å². The Morgan fingerprint density at radius 2 is 1.95 bits per heavy atom. The van der Waals surface area contributed by atoms with Gasteiger partial charge in [0.25, 0.3) is 0 Å². The number of aliphatic imine (C=N–C) groups is 1. The third-order valence-electron chi connectivity index (χ3n) is 3.64. The maximum absolute atomic E-state index is 5.98. The zero-order valence-electron chi connectivity index (χ0n) is 12.9. The van der Waals surface area contributed by atoms with Gasteiger partial charge in [0, 0.05) is 25.9 Å². The lowest BCUT2D eigenvalue weighted by Crippen LogP contribution is -2.27. The van der Waals surface area contributed by atoms with E-state index in [1.807, 2.05) is 0 Å². The lowest BCUT2D eigenvalue weighted by Gasteiger charge is -2.24. The summed E-state index contributed by atoms with van der Waals surface area (Å²) in [5, 5.41) is 3.45. The molecule has 3 nitrogen and oxygen atoms in total. The van der Waals surface area contributed by atoms with Gasteiger partial charge in [-0.05, 0) is 25.8 Å². The van der Waals surface area contributed by atoms with Crippen molar-refractivity contribution in [1.29, 1.82) is 0 Å². The standard InChI is InChI=1S/C16H32N2O/c1-3-5-7-8-9-15-10-14-18-16(19-15)11-13-17-12-6-4-2/h15,17H,3-14H2,1-2H3. The lowest BCUT2D eigenvalue weighted by molar-refractivity contribution is 0.147. The molecule has 1 N–H and O–H groups in total. The molecule has 0 saturated heterocycles. The molecule has 1 heterocycles. The molecule has 0 bridgehead atoms. The fourth-order valence-electron chi connectivity index (χ4n) is 2.38. The van der Waals surface area contributed by atoms with Crippen LogP contribution < -0.4 is 5.32 Å².